The van der Waals surface area contributed by atoms with Gasteiger partial charge in [0.2, 0.25) is 5.69 Å². The Labute approximate surface area is 302 Å². The van der Waals surface area contributed by atoms with Crippen LogP contribution < -0.4 is 31.3 Å². The minimum Gasteiger partial charge on any atom is -0.542 e. The van der Waals surface area contributed by atoms with E-state index in [1.807, 2.05) is 40.8 Å². The van der Waals surface area contributed by atoms with E-state index in [2.05, 4.69) is 19.7 Å². The first-order chi connectivity index (χ1) is 24.6. The number of carboxylic acid groups (broad SMARTS) is 2. The van der Waals surface area contributed by atoms with E-state index in [9.17, 15) is 41.1 Å². The van der Waals surface area contributed by atoms with Gasteiger partial charge in [-0.2, -0.15) is 31.3 Å². The highest BCUT2D eigenvalue weighted by atomic mass is 32.3. The van der Waals surface area contributed by atoms with Crippen molar-refractivity contribution >= 4 is 56.3 Å². The van der Waals surface area contributed by atoms with Gasteiger partial charge in [0.15, 0.2) is 17.9 Å². The molecule has 2 amide bonds. The molecule has 4 rings (SSSR count). The van der Waals surface area contributed by atoms with Crippen LogP contribution in [0.1, 0.15) is 26.0 Å². The number of oxime groups is 1. The number of ether oxygens (including phenoxy) is 1. The van der Waals surface area contributed by atoms with E-state index in [0.717, 1.165) is 35.6 Å². The van der Waals surface area contributed by atoms with Gasteiger partial charge in [-0.3, -0.25) is 14.1 Å². The van der Waals surface area contributed by atoms with Crippen LogP contribution in [0.25, 0.3) is 11.3 Å². The topological polar surface area (TPSA) is 295 Å². The fourth-order valence-electron chi connectivity index (χ4n) is 4.44. The van der Waals surface area contributed by atoms with Gasteiger partial charge in [0.25, 0.3) is 17.9 Å². The minimum atomic E-state index is -5.19. The third-order valence-corrected chi connectivity index (χ3v) is 8.17. The van der Waals surface area contributed by atoms with Crippen LogP contribution in [0.3, 0.4) is 0 Å². The minimum absolute atomic E-state index is 0.0607. The first-order valence-electron chi connectivity index (χ1n) is 14.8. The predicted octanol–water partition coefficient (Wildman–Crippen LogP) is -1.24. The Morgan fingerprint density at radius 2 is 1.85 bits per heavy atom. The van der Waals surface area contributed by atoms with Gasteiger partial charge >= 0.3 is 22.5 Å². The van der Waals surface area contributed by atoms with Gasteiger partial charge in [-0.05, 0) is 51.1 Å². The van der Waals surface area contributed by atoms with E-state index >= 15 is 0 Å². The predicted molar refractivity (Wildman–Crippen MR) is 172 cm³/mol. The molecule has 2 aromatic heterocycles. The Morgan fingerprint density at radius 1 is 1.23 bits per heavy atom. The third-order valence-electron chi connectivity index (χ3n) is 7.16. The Balaban J connectivity index is 0.000000980. The molecule has 0 bridgehead atoms. The summed E-state index contributed by atoms with van der Waals surface area (Å²) in [5.74, 6) is -6.12. The Hall–Kier alpha value is -5.37. The maximum atomic E-state index is 13.2. The van der Waals surface area contributed by atoms with Crippen LogP contribution >= 0.6 is 11.3 Å². The third kappa shape index (κ3) is 11.1. The number of nitrogens with one attached hydrogen (secondary N) is 1. The maximum absolute atomic E-state index is 13.2. The number of nitrogen functional groups attached to an aromatic ring is 1. The number of anilines is 1. The van der Waals surface area contributed by atoms with Crippen molar-refractivity contribution in [2.45, 2.75) is 50.7 Å². The van der Waals surface area contributed by atoms with Gasteiger partial charge in [-0.15, -0.1) is 20.3 Å². The average Bonchev–Trinajstić information content (AvgIpc) is 3.66. The molecule has 1 fully saturated rings. The summed E-state index contributed by atoms with van der Waals surface area (Å²) >= 11 is 0.961. The van der Waals surface area contributed by atoms with E-state index in [1.165, 1.54) is 19.2 Å². The van der Waals surface area contributed by atoms with Crippen LogP contribution in [0.5, 0.6) is 5.75 Å². The summed E-state index contributed by atoms with van der Waals surface area (Å²) in [7, 11) is -3.09. The smallest absolute Gasteiger partial charge is 0.430 e. The number of aryl methyl sites for hydroxylation is 1. The number of rotatable bonds is 15. The quantitative estimate of drug-likeness (QED) is 0.0395. The molecule has 0 spiro atoms. The highest BCUT2D eigenvalue weighted by Gasteiger charge is 2.58. The molecule has 0 saturated carbocycles. The summed E-state index contributed by atoms with van der Waals surface area (Å²) < 4.78 is 76.6. The maximum Gasteiger partial charge on any atom is 0.430 e. The number of alkyl halides is 3. The molecule has 3 aromatic rings. The lowest BCUT2D eigenvalue weighted by atomic mass is 9.84. The molecule has 1 aliphatic heterocycles. The summed E-state index contributed by atoms with van der Waals surface area (Å²) in [5.41, 5.74) is 11.1. The van der Waals surface area contributed by atoms with Gasteiger partial charge in [0.1, 0.15) is 30.1 Å². The zero-order valence-electron chi connectivity index (χ0n) is 27.8. The van der Waals surface area contributed by atoms with Crippen LogP contribution in [0.15, 0.2) is 47.1 Å². The van der Waals surface area contributed by atoms with Gasteiger partial charge in [-0.25, -0.2) is 9.78 Å². The van der Waals surface area contributed by atoms with E-state index in [-0.39, 0.29) is 10.8 Å². The fraction of sp³-hybridized carbons (Fsp3) is 0.393. The lowest BCUT2D eigenvalue weighted by Crippen LogP contribution is -2.76. The van der Waals surface area contributed by atoms with Crippen molar-refractivity contribution in [3.8, 4) is 17.0 Å². The largest absolute Gasteiger partial charge is 0.542 e. The molecule has 2 unspecified atom stereocenters. The van der Waals surface area contributed by atoms with Crippen molar-refractivity contribution in [2.24, 2.45) is 17.9 Å². The number of aliphatic carboxylic acids is 2. The number of hydroxylamine groups is 2. The highest BCUT2D eigenvalue weighted by Crippen LogP contribution is 2.33. The fourth-order valence-corrected chi connectivity index (χ4v) is 5.44. The number of hydrogen-bond acceptors (Lipinski definition) is 15. The van der Waals surface area contributed by atoms with Gasteiger partial charge in [0, 0.05) is 17.0 Å². The van der Waals surface area contributed by atoms with Crippen molar-refractivity contribution in [1.82, 2.24) is 20.0 Å². The molecular weight excluding hydrogens is 761 g/mol. The molecule has 7 N–H and O–H groups in total. The second kappa shape index (κ2) is 17.0. The summed E-state index contributed by atoms with van der Waals surface area (Å²) in [6, 6.07) is 7.60. The number of aromatic nitrogens is 3. The summed E-state index contributed by atoms with van der Waals surface area (Å²) in [6.45, 7) is 3.58. The van der Waals surface area contributed by atoms with Crippen molar-refractivity contribution in [3.05, 3.63) is 47.6 Å². The van der Waals surface area contributed by atoms with Gasteiger partial charge in [-0.1, -0.05) is 5.16 Å². The second-order valence-electron chi connectivity index (χ2n) is 11.3. The molecule has 290 valence electrons. The van der Waals surface area contributed by atoms with Crippen LogP contribution in [0.4, 0.5) is 18.3 Å². The number of hydrogen-bond donors (Lipinski definition) is 5. The van der Waals surface area contributed by atoms with E-state index in [0.29, 0.717) is 17.4 Å². The molecule has 25 heteroatoms. The van der Waals surface area contributed by atoms with Gasteiger partial charge < -0.3 is 41.4 Å². The van der Waals surface area contributed by atoms with E-state index in [4.69, 9.17) is 35.5 Å². The summed E-state index contributed by atoms with van der Waals surface area (Å²) in [4.78, 5) is 55.6. The Kier molecular flexibility index (Phi) is 13.5. The highest BCUT2D eigenvalue weighted by molar-refractivity contribution is 7.80. The summed E-state index contributed by atoms with van der Waals surface area (Å²) in [6.07, 6.45) is -4.08. The Bertz CT molecular complexity index is 1950. The number of nitrogens with two attached hydrogens (primary N) is 2. The first kappa shape index (κ1) is 42.0. The SMILES string of the molecule is C[n+]1c(-c2ccc(OCC(ON=C(C(=O)NC3C(=O)N(OS(=O)(=O)O)C3(C)C)c3csc(N)n3)C(=O)O)cc2)ccn1CCCN.O=C([O-])C(F)(F)F. The molecule has 3 heterocycles. The van der Waals surface area contributed by atoms with Crippen molar-refractivity contribution in [2.75, 3.05) is 18.9 Å². The molecule has 2 atom stereocenters. The number of carbonyl (C=O) groups excluding carboxylic acids is 3. The van der Waals surface area contributed by atoms with Crippen LogP contribution in [0, 0.1) is 0 Å². The lowest BCUT2D eigenvalue weighted by molar-refractivity contribution is -0.743. The number of halogens is 3. The van der Waals surface area contributed by atoms with E-state index in [1.54, 1.807) is 12.1 Å². The van der Waals surface area contributed by atoms with Crippen LogP contribution in [-0.2, 0) is 52.3 Å². The molecule has 1 aromatic carbocycles. The molecule has 1 saturated heterocycles. The molecule has 1 aliphatic rings. The number of carbonyl (C=O) groups is 4. The molecular formula is C28H33F3N8O12S2. The van der Waals surface area contributed by atoms with Crippen molar-refractivity contribution < 1.29 is 74.1 Å². The molecule has 0 aliphatic carbocycles. The number of nitrogens with zero attached hydrogens (tertiary/aromatic N) is 5. The normalized spacial score (nSPS) is 16.2. The molecule has 0 radical (unpaired) electrons. The Morgan fingerprint density at radius 3 is 2.34 bits per heavy atom. The lowest BCUT2D eigenvalue weighted by Gasteiger charge is -2.50. The molecule has 20 nitrogen and oxygen atoms in total. The number of β-lactam (4-membered cyclic amide) rings is 1. The standard InChI is InChI=1S/C26H32N8O10S2.C2HF3O2/c1-26(2)21(23(36)34(26)44-46(39,40)41)30-22(35)20(17-14-45-25(28)29-17)31-43-19(24(37)38)13-42-16-7-5-15(6-8-16)18-9-12-33(32(18)3)11-4-10-27;3-2(4,5)1(6)7/h5-9,12,14,19,21H,4,10-11,13,27H2,1-3H3,(H4-,28,29,30,35,37,38,39,40,41);(H,6,7). The average molecular weight is 795 g/mol. The summed E-state index contributed by atoms with van der Waals surface area (Å²) in [5, 5.41) is 26.4. The zero-order chi connectivity index (χ0) is 39.9. The number of thiazole rings is 1. The second-order valence-corrected chi connectivity index (χ2v) is 13.2. The number of amides is 2. The zero-order valence-corrected chi connectivity index (χ0v) is 29.5. The van der Waals surface area contributed by atoms with E-state index < -0.39 is 70.3 Å². The van der Waals surface area contributed by atoms with Crippen LogP contribution in [-0.4, -0.2) is 99.3 Å². The molecule has 53 heavy (non-hydrogen) atoms. The monoisotopic (exact) mass is 794 g/mol. The van der Waals surface area contributed by atoms with Gasteiger partial charge in [0.05, 0.1) is 18.3 Å². The number of benzene rings is 1. The first-order valence-corrected chi connectivity index (χ1v) is 17.1. The van der Waals surface area contributed by atoms with Crippen molar-refractivity contribution in [3.63, 3.8) is 0 Å². The van der Waals surface area contributed by atoms with Crippen molar-refractivity contribution in [1.29, 1.82) is 0 Å². The van der Waals surface area contributed by atoms with Crippen LogP contribution in [0.2, 0.25) is 0 Å². The number of carboxylic acids is 2.